The van der Waals surface area contributed by atoms with Crippen LogP contribution >= 0.6 is 11.8 Å². The molecule has 0 bridgehead atoms. The van der Waals surface area contributed by atoms with E-state index in [4.69, 9.17) is 0 Å². The Morgan fingerprint density at radius 1 is 1.12 bits per heavy atom. The maximum atomic E-state index is 12.5. The topological polar surface area (TPSA) is 63.9 Å². The molecule has 2 aliphatic heterocycles. The van der Waals surface area contributed by atoms with Crippen LogP contribution < -0.4 is 0 Å². The molecular formula is C19H25N5OS. The van der Waals surface area contributed by atoms with Gasteiger partial charge in [-0.25, -0.2) is 4.98 Å². The van der Waals surface area contributed by atoms with Crippen molar-refractivity contribution >= 4 is 17.7 Å². The first-order chi connectivity index (χ1) is 12.8. The third kappa shape index (κ3) is 3.92. The summed E-state index contributed by atoms with van der Waals surface area (Å²) < 4.78 is 2.35. The number of aryl methyl sites for hydroxylation is 1. The molecular weight excluding hydrogens is 346 g/mol. The van der Waals surface area contributed by atoms with E-state index in [0.717, 1.165) is 55.6 Å². The van der Waals surface area contributed by atoms with E-state index >= 15 is 0 Å². The highest BCUT2D eigenvalue weighted by atomic mass is 32.2. The summed E-state index contributed by atoms with van der Waals surface area (Å²) in [5.41, 5.74) is 0. The Hall–Kier alpha value is -1.89. The van der Waals surface area contributed by atoms with Crippen molar-refractivity contribution in [2.75, 3.05) is 18.8 Å². The second-order valence-corrected chi connectivity index (χ2v) is 8.04. The molecule has 4 rings (SSSR count). The number of nitrogens with zero attached hydrogens (tertiary/aromatic N) is 5. The van der Waals surface area contributed by atoms with Gasteiger partial charge in [-0.15, -0.1) is 10.2 Å². The van der Waals surface area contributed by atoms with Crippen LogP contribution in [0.4, 0.5) is 0 Å². The zero-order valence-electron chi connectivity index (χ0n) is 15.0. The van der Waals surface area contributed by atoms with Gasteiger partial charge in [0.25, 0.3) is 0 Å². The molecule has 0 atom stereocenters. The quantitative estimate of drug-likeness (QED) is 0.773. The van der Waals surface area contributed by atoms with Crippen molar-refractivity contribution in [3.8, 4) is 0 Å². The third-order valence-corrected chi connectivity index (χ3v) is 6.26. The predicted molar refractivity (Wildman–Crippen MR) is 101 cm³/mol. The highest BCUT2D eigenvalue weighted by Crippen LogP contribution is 2.29. The zero-order valence-corrected chi connectivity index (χ0v) is 15.8. The molecule has 2 aromatic rings. The van der Waals surface area contributed by atoms with Gasteiger partial charge in [0.1, 0.15) is 11.6 Å². The molecule has 0 radical (unpaired) electrons. The summed E-state index contributed by atoms with van der Waals surface area (Å²) in [5.74, 6) is 3.41. The Kier molecular flexibility index (Phi) is 5.53. The van der Waals surface area contributed by atoms with Crippen molar-refractivity contribution < 1.29 is 4.79 Å². The maximum absolute atomic E-state index is 12.5. The molecule has 0 N–H and O–H groups in total. The molecule has 4 heterocycles. The van der Waals surface area contributed by atoms with Crippen LogP contribution in [0.2, 0.25) is 0 Å². The number of hydrogen-bond acceptors (Lipinski definition) is 5. The third-order valence-electron chi connectivity index (χ3n) is 5.33. The number of carbonyl (C=O) groups excluding carboxylic acids is 1. The summed E-state index contributed by atoms with van der Waals surface area (Å²) in [6, 6.07) is 5.79. The molecule has 1 saturated heterocycles. The normalized spacial score (nSPS) is 18.4. The Labute approximate surface area is 158 Å². The lowest BCUT2D eigenvalue weighted by Gasteiger charge is -2.31. The van der Waals surface area contributed by atoms with Gasteiger partial charge in [0.2, 0.25) is 5.91 Å². The minimum atomic E-state index is 0.208. The number of aromatic nitrogens is 4. The van der Waals surface area contributed by atoms with Gasteiger partial charge in [-0.3, -0.25) is 4.79 Å². The lowest BCUT2D eigenvalue weighted by molar-refractivity contribution is -0.129. The van der Waals surface area contributed by atoms with Crippen molar-refractivity contribution in [2.45, 2.75) is 56.0 Å². The summed E-state index contributed by atoms with van der Waals surface area (Å²) in [7, 11) is 0. The van der Waals surface area contributed by atoms with Crippen LogP contribution in [0, 0.1) is 0 Å². The smallest absolute Gasteiger partial charge is 0.232 e. The molecule has 26 heavy (non-hydrogen) atoms. The number of amides is 1. The van der Waals surface area contributed by atoms with Crippen molar-refractivity contribution in [3.63, 3.8) is 0 Å². The molecule has 2 aliphatic rings. The number of pyridine rings is 1. The first-order valence-corrected chi connectivity index (χ1v) is 10.5. The number of likely N-dealkylation sites (tertiary alicyclic amines) is 1. The largest absolute Gasteiger partial charge is 0.342 e. The molecule has 0 unspecified atom stereocenters. The summed E-state index contributed by atoms with van der Waals surface area (Å²) >= 11 is 1.51. The molecule has 6 nitrogen and oxygen atoms in total. The first-order valence-electron chi connectivity index (χ1n) is 9.55. The maximum Gasteiger partial charge on any atom is 0.232 e. The van der Waals surface area contributed by atoms with E-state index < -0.39 is 0 Å². The van der Waals surface area contributed by atoms with E-state index in [1.54, 1.807) is 6.20 Å². The number of carbonyl (C=O) groups is 1. The molecule has 7 heteroatoms. The van der Waals surface area contributed by atoms with Crippen LogP contribution in [0.5, 0.6) is 0 Å². The van der Waals surface area contributed by atoms with Crippen LogP contribution in [-0.4, -0.2) is 49.4 Å². The lowest BCUT2D eigenvalue weighted by Crippen LogP contribution is -2.39. The average molecular weight is 372 g/mol. The minimum Gasteiger partial charge on any atom is -0.342 e. The number of thioether (sulfide) groups is 1. The summed E-state index contributed by atoms with van der Waals surface area (Å²) in [6.07, 6.45) is 8.51. The Bertz CT molecular complexity index is 740. The Morgan fingerprint density at radius 2 is 2.00 bits per heavy atom. The summed E-state index contributed by atoms with van der Waals surface area (Å²) in [4.78, 5) is 18.7. The predicted octanol–water partition coefficient (Wildman–Crippen LogP) is 2.90. The van der Waals surface area contributed by atoms with Gasteiger partial charge in [-0.2, -0.15) is 0 Å². The van der Waals surface area contributed by atoms with Gasteiger partial charge in [0, 0.05) is 38.2 Å². The van der Waals surface area contributed by atoms with E-state index in [9.17, 15) is 4.79 Å². The van der Waals surface area contributed by atoms with Crippen LogP contribution in [0.3, 0.4) is 0 Å². The fourth-order valence-electron chi connectivity index (χ4n) is 3.86. The summed E-state index contributed by atoms with van der Waals surface area (Å²) in [5, 5.41) is 9.84. The SMILES string of the molecule is O=C(CSc1ccccn1)N1CCC(c2nnc3n2CCCCC3)CC1. The monoisotopic (exact) mass is 371 g/mol. The highest BCUT2D eigenvalue weighted by molar-refractivity contribution is 7.99. The summed E-state index contributed by atoms with van der Waals surface area (Å²) in [6.45, 7) is 2.68. The second-order valence-electron chi connectivity index (χ2n) is 7.05. The molecule has 0 saturated carbocycles. The van der Waals surface area contributed by atoms with Gasteiger partial charge in [-0.1, -0.05) is 24.2 Å². The van der Waals surface area contributed by atoms with Crippen LogP contribution in [0.15, 0.2) is 29.4 Å². The lowest BCUT2D eigenvalue weighted by atomic mass is 9.96. The highest BCUT2D eigenvalue weighted by Gasteiger charge is 2.28. The van der Waals surface area contributed by atoms with Crippen molar-refractivity contribution in [1.29, 1.82) is 0 Å². The molecule has 0 aromatic carbocycles. The van der Waals surface area contributed by atoms with Crippen molar-refractivity contribution in [2.24, 2.45) is 0 Å². The molecule has 1 amide bonds. The van der Waals surface area contributed by atoms with E-state index in [1.807, 2.05) is 23.1 Å². The molecule has 0 spiro atoms. The zero-order chi connectivity index (χ0) is 17.8. The number of hydrogen-bond donors (Lipinski definition) is 0. The minimum absolute atomic E-state index is 0.208. The average Bonchev–Trinajstić information content (AvgIpc) is 2.95. The van der Waals surface area contributed by atoms with Gasteiger partial charge in [0.15, 0.2) is 0 Å². The van der Waals surface area contributed by atoms with Gasteiger partial charge >= 0.3 is 0 Å². The number of rotatable bonds is 4. The van der Waals surface area contributed by atoms with Crippen LogP contribution in [-0.2, 0) is 17.8 Å². The van der Waals surface area contributed by atoms with Gasteiger partial charge < -0.3 is 9.47 Å². The molecule has 0 aliphatic carbocycles. The Balaban J connectivity index is 1.31. The molecule has 138 valence electrons. The standard InChI is InChI=1S/C19H25N5OS/c25-18(14-26-17-7-3-4-10-20-17)23-12-8-15(9-13-23)19-22-21-16-6-2-1-5-11-24(16)19/h3-4,7,10,15H,1-2,5-6,8-9,11-14H2. The number of fused-ring (bicyclic) bond motifs is 1. The van der Waals surface area contributed by atoms with Crippen molar-refractivity contribution in [3.05, 3.63) is 36.0 Å². The first kappa shape index (κ1) is 17.5. The van der Waals surface area contributed by atoms with E-state index in [1.165, 1.54) is 31.0 Å². The van der Waals surface area contributed by atoms with E-state index in [0.29, 0.717) is 11.7 Å². The Morgan fingerprint density at radius 3 is 2.81 bits per heavy atom. The van der Waals surface area contributed by atoms with E-state index in [-0.39, 0.29) is 5.91 Å². The fraction of sp³-hybridized carbons (Fsp3) is 0.579. The van der Waals surface area contributed by atoms with Crippen LogP contribution in [0.25, 0.3) is 0 Å². The molecule has 2 aromatic heterocycles. The van der Waals surface area contributed by atoms with E-state index in [2.05, 4.69) is 19.7 Å². The fourth-order valence-corrected chi connectivity index (χ4v) is 4.62. The second kappa shape index (κ2) is 8.20. The molecule has 1 fully saturated rings. The van der Waals surface area contributed by atoms with Crippen molar-refractivity contribution in [1.82, 2.24) is 24.6 Å². The van der Waals surface area contributed by atoms with Gasteiger partial charge in [0.05, 0.1) is 10.8 Å². The van der Waals surface area contributed by atoms with Gasteiger partial charge in [-0.05, 0) is 37.8 Å². The number of piperidine rings is 1. The van der Waals surface area contributed by atoms with Crippen LogP contribution in [0.1, 0.15) is 49.7 Å².